The van der Waals surface area contributed by atoms with E-state index in [0.29, 0.717) is 11.1 Å². The quantitative estimate of drug-likeness (QED) is 0.676. The van der Waals surface area contributed by atoms with Crippen LogP contribution < -0.4 is 5.43 Å². The minimum absolute atomic E-state index is 0.112. The Hall–Kier alpha value is -2.56. The van der Waals surface area contributed by atoms with Crippen LogP contribution in [0.3, 0.4) is 0 Å². The number of carbonyl (C=O) groups excluding carboxylic acids is 1. The molecule has 5 heteroatoms. The van der Waals surface area contributed by atoms with Crippen LogP contribution in [-0.4, -0.2) is 12.1 Å². The third-order valence-corrected chi connectivity index (χ3v) is 2.55. The Bertz CT molecular complexity index is 607. The first-order valence-electron chi connectivity index (χ1n) is 5.95. The van der Waals surface area contributed by atoms with E-state index in [1.54, 1.807) is 24.3 Å². The molecular weight excluding hydrogens is 262 g/mol. The van der Waals surface area contributed by atoms with E-state index in [1.165, 1.54) is 30.5 Å². The number of hydrogen-bond acceptors (Lipinski definition) is 2. The van der Waals surface area contributed by atoms with Crippen molar-refractivity contribution in [1.29, 1.82) is 0 Å². The molecule has 2 aromatic rings. The second-order valence-corrected chi connectivity index (χ2v) is 4.15. The average Bonchev–Trinajstić information content (AvgIpc) is 2.44. The maximum atomic E-state index is 12.7. The molecular formula is C15H12F2N2O. The van der Waals surface area contributed by atoms with Gasteiger partial charge in [0.1, 0.15) is 11.6 Å². The van der Waals surface area contributed by atoms with Crippen LogP contribution in [0, 0.1) is 11.6 Å². The molecule has 2 aromatic carbocycles. The van der Waals surface area contributed by atoms with Gasteiger partial charge in [-0.05, 0) is 35.4 Å². The van der Waals surface area contributed by atoms with Gasteiger partial charge in [-0.2, -0.15) is 5.10 Å². The highest BCUT2D eigenvalue weighted by atomic mass is 19.1. The number of hydrogen-bond donors (Lipinski definition) is 1. The van der Waals surface area contributed by atoms with E-state index < -0.39 is 0 Å². The summed E-state index contributed by atoms with van der Waals surface area (Å²) in [6.07, 6.45) is 1.53. The number of amides is 1. The number of halogens is 2. The first kappa shape index (κ1) is 13.9. The van der Waals surface area contributed by atoms with Crippen molar-refractivity contribution in [2.75, 3.05) is 0 Å². The number of nitrogens with zero attached hydrogens (tertiary/aromatic N) is 1. The molecule has 0 radical (unpaired) electrons. The number of carbonyl (C=O) groups is 1. The topological polar surface area (TPSA) is 41.5 Å². The van der Waals surface area contributed by atoms with Gasteiger partial charge in [-0.25, -0.2) is 14.2 Å². The predicted molar refractivity (Wildman–Crippen MR) is 72.2 cm³/mol. The summed E-state index contributed by atoms with van der Waals surface area (Å²) in [7, 11) is 0. The Morgan fingerprint density at radius 2 is 1.55 bits per heavy atom. The second kappa shape index (κ2) is 6.56. The van der Waals surface area contributed by atoms with Gasteiger partial charge in [0.25, 0.3) is 0 Å². The lowest BCUT2D eigenvalue weighted by molar-refractivity contribution is -0.120. The van der Waals surface area contributed by atoms with Crippen molar-refractivity contribution in [3.05, 3.63) is 71.3 Å². The third kappa shape index (κ3) is 4.28. The molecule has 0 unspecified atom stereocenters. The molecule has 20 heavy (non-hydrogen) atoms. The van der Waals surface area contributed by atoms with Gasteiger partial charge in [-0.1, -0.05) is 24.3 Å². The van der Waals surface area contributed by atoms with Crippen molar-refractivity contribution in [2.24, 2.45) is 5.10 Å². The SMILES string of the molecule is O=C(Cc1ccc(F)cc1)N/N=C/c1ccc(F)cc1. The van der Waals surface area contributed by atoms with Gasteiger partial charge < -0.3 is 0 Å². The maximum absolute atomic E-state index is 12.7. The Morgan fingerprint density at radius 3 is 2.15 bits per heavy atom. The molecule has 0 aliphatic heterocycles. The highest BCUT2D eigenvalue weighted by Gasteiger charge is 2.01. The zero-order valence-electron chi connectivity index (χ0n) is 10.5. The van der Waals surface area contributed by atoms with Gasteiger partial charge in [0.05, 0.1) is 12.6 Å². The van der Waals surface area contributed by atoms with Crippen LogP contribution >= 0.6 is 0 Å². The van der Waals surface area contributed by atoms with Crippen LogP contribution in [0.25, 0.3) is 0 Å². The molecule has 1 amide bonds. The molecule has 1 N–H and O–H groups in total. The van der Waals surface area contributed by atoms with Gasteiger partial charge in [0.15, 0.2) is 0 Å². The van der Waals surface area contributed by atoms with Crippen LogP contribution in [0.5, 0.6) is 0 Å². The van der Waals surface area contributed by atoms with Gasteiger partial charge in [0, 0.05) is 0 Å². The summed E-state index contributed by atoms with van der Waals surface area (Å²) >= 11 is 0. The monoisotopic (exact) mass is 274 g/mol. The standard InChI is InChI=1S/C15H12F2N2O/c16-13-5-1-11(2-6-13)9-15(20)19-18-10-12-3-7-14(17)8-4-12/h1-8,10H,9H2,(H,19,20)/b18-10+. The van der Waals surface area contributed by atoms with Crippen LogP contribution in [0.1, 0.15) is 11.1 Å². The zero-order valence-corrected chi connectivity index (χ0v) is 10.5. The largest absolute Gasteiger partial charge is 0.273 e. The van der Waals surface area contributed by atoms with E-state index in [-0.39, 0.29) is 24.0 Å². The number of benzene rings is 2. The predicted octanol–water partition coefficient (Wildman–Crippen LogP) is 2.66. The molecule has 0 saturated heterocycles. The minimum atomic E-state index is -0.344. The molecule has 0 spiro atoms. The van der Waals surface area contributed by atoms with E-state index in [9.17, 15) is 13.6 Å². The third-order valence-electron chi connectivity index (χ3n) is 2.55. The average molecular weight is 274 g/mol. The first-order valence-corrected chi connectivity index (χ1v) is 5.95. The van der Waals surface area contributed by atoms with E-state index in [4.69, 9.17) is 0 Å². The zero-order chi connectivity index (χ0) is 14.4. The van der Waals surface area contributed by atoms with E-state index in [0.717, 1.165) is 0 Å². The molecule has 0 bridgehead atoms. The van der Waals surface area contributed by atoms with Crippen molar-refractivity contribution in [3.8, 4) is 0 Å². The molecule has 0 aliphatic carbocycles. The maximum Gasteiger partial charge on any atom is 0.244 e. The van der Waals surface area contributed by atoms with Gasteiger partial charge >= 0.3 is 0 Å². The Kier molecular flexibility index (Phi) is 4.55. The van der Waals surface area contributed by atoms with E-state index in [2.05, 4.69) is 10.5 Å². The smallest absolute Gasteiger partial charge is 0.244 e. The van der Waals surface area contributed by atoms with Crippen molar-refractivity contribution in [3.63, 3.8) is 0 Å². The number of hydrazone groups is 1. The molecule has 3 nitrogen and oxygen atoms in total. The molecule has 0 fully saturated rings. The summed E-state index contributed by atoms with van der Waals surface area (Å²) in [4.78, 5) is 11.6. The fourth-order valence-electron chi connectivity index (χ4n) is 1.55. The second-order valence-electron chi connectivity index (χ2n) is 4.15. The summed E-state index contributed by atoms with van der Waals surface area (Å²) in [5, 5.41) is 3.76. The highest BCUT2D eigenvalue weighted by Crippen LogP contribution is 2.03. The Labute approximate surface area is 114 Å². The lowest BCUT2D eigenvalue weighted by Gasteiger charge is -2.00. The summed E-state index contributed by atoms with van der Waals surface area (Å²) in [6.45, 7) is 0. The van der Waals surface area contributed by atoms with Crippen LogP contribution in [0.15, 0.2) is 53.6 Å². The Balaban J connectivity index is 1.85. The summed E-state index contributed by atoms with van der Waals surface area (Å²) < 4.78 is 25.4. The lowest BCUT2D eigenvalue weighted by atomic mass is 10.1. The highest BCUT2D eigenvalue weighted by molar-refractivity contribution is 5.83. The van der Waals surface area contributed by atoms with Crippen molar-refractivity contribution in [2.45, 2.75) is 6.42 Å². The summed E-state index contributed by atoms with van der Waals surface area (Å²) in [5.74, 6) is -0.985. The molecule has 0 heterocycles. The van der Waals surface area contributed by atoms with Gasteiger partial charge in [0.2, 0.25) is 5.91 Å². The normalized spacial score (nSPS) is 10.7. The van der Waals surface area contributed by atoms with Crippen molar-refractivity contribution in [1.82, 2.24) is 5.43 Å². The lowest BCUT2D eigenvalue weighted by Crippen LogP contribution is -2.19. The fourth-order valence-corrected chi connectivity index (χ4v) is 1.55. The van der Waals surface area contributed by atoms with Crippen molar-refractivity contribution >= 4 is 12.1 Å². The molecule has 0 aromatic heterocycles. The fraction of sp³-hybridized carbons (Fsp3) is 0.0667. The Morgan fingerprint density at radius 1 is 1.00 bits per heavy atom. The van der Waals surface area contributed by atoms with Crippen LogP contribution in [0.4, 0.5) is 8.78 Å². The van der Waals surface area contributed by atoms with Gasteiger partial charge in [-0.15, -0.1) is 0 Å². The van der Waals surface area contributed by atoms with Crippen LogP contribution in [0.2, 0.25) is 0 Å². The molecule has 102 valence electrons. The number of rotatable bonds is 4. The molecule has 0 aliphatic rings. The molecule has 2 rings (SSSR count). The summed E-state index contributed by atoms with van der Waals surface area (Å²) in [6, 6.07) is 11.4. The van der Waals surface area contributed by atoms with E-state index >= 15 is 0 Å². The minimum Gasteiger partial charge on any atom is -0.273 e. The number of nitrogens with one attached hydrogen (secondary N) is 1. The molecule has 0 saturated carbocycles. The molecule has 0 atom stereocenters. The van der Waals surface area contributed by atoms with Crippen LogP contribution in [-0.2, 0) is 11.2 Å². The first-order chi connectivity index (χ1) is 9.63. The van der Waals surface area contributed by atoms with Gasteiger partial charge in [-0.3, -0.25) is 4.79 Å². The van der Waals surface area contributed by atoms with Crippen molar-refractivity contribution < 1.29 is 13.6 Å². The van der Waals surface area contributed by atoms with E-state index in [1.807, 2.05) is 0 Å². The summed E-state index contributed by atoms with van der Waals surface area (Å²) in [5.41, 5.74) is 3.72.